The van der Waals surface area contributed by atoms with Crippen LogP contribution in [0.15, 0.2) is 48.5 Å². The minimum atomic E-state index is -0.398. The fourth-order valence-electron chi connectivity index (χ4n) is 3.68. The molecule has 0 aliphatic carbocycles. The van der Waals surface area contributed by atoms with Crippen molar-refractivity contribution in [3.05, 3.63) is 71.2 Å². The lowest BCUT2D eigenvalue weighted by Gasteiger charge is -2.26. The first kappa shape index (κ1) is 18.2. The van der Waals surface area contributed by atoms with Crippen molar-refractivity contribution >= 4 is 5.91 Å². The number of aromatic nitrogens is 2. The van der Waals surface area contributed by atoms with Gasteiger partial charge in [0.15, 0.2) is 0 Å². The number of phenols is 1. The highest BCUT2D eigenvalue weighted by atomic mass is 19.1. The van der Waals surface area contributed by atoms with Crippen LogP contribution in [0.5, 0.6) is 5.75 Å². The highest BCUT2D eigenvalue weighted by Crippen LogP contribution is 2.43. The Hall–Kier alpha value is -3.19. The molecule has 1 atom stereocenters. The second-order valence-corrected chi connectivity index (χ2v) is 6.71. The van der Waals surface area contributed by atoms with E-state index in [2.05, 4.69) is 10.2 Å². The fourth-order valence-corrected chi connectivity index (χ4v) is 3.68. The van der Waals surface area contributed by atoms with Crippen LogP contribution in [-0.4, -0.2) is 46.4 Å². The molecule has 4 rings (SSSR count). The first-order chi connectivity index (χ1) is 13.6. The molecule has 0 bridgehead atoms. The number of hydrogen-bond acceptors (Lipinski definition) is 4. The van der Waals surface area contributed by atoms with E-state index in [1.807, 2.05) is 6.07 Å². The van der Waals surface area contributed by atoms with Crippen molar-refractivity contribution in [3.8, 4) is 17.0 Å². The maximum Gasteiger partial charge on any atom is 0.273 e. The number of carbonyl (C=O) groups excluding carboxylic acids is 1. The van der Waals surface area contributed by atoms with Crippen LogP contribution >= 0.6 is 0 Å². The van der Waals surface area contributed by atoms with Gasteiger partial charge in [-0.25, -0.2) is 4.39 Å². The summed E-state index contributed by atoms with van der Waals surface area (Å²) in [5.41, 5.74) is 3.26. The molecule has 0 radical (unpaired) electrons. The van der Waals surface area contributed by atoms with Crippen molar-refractivity contribution in [3.63, 3.8) is 0 Å². The number of carbonyl (C=O) groups is 1. The molecule has 0 fully saturated rings. The van der Waals surface area contributed by atoms with Crippen molar-refractivity contribution in [2.24, 2.45) is 0 Å². The number of aromatic amines is 1. The Kier molecular flexibility index (Phi) is 4.83. The lowest BCUT2D eigenvalue weighted by molar-refractivity contribution is 0.0723. The van der Waals surface area contributed by atoms with Crippen molar-refractivity contribution in [2.45, 2.75) is 12.5 Å². The van der Waals surface area contributed by atoms with Crippen LogP contribution in [0.1, 0.15) is 34.1 Å². The van der Waals surface area contributed by atoms with Gasteiger partial charge in [0.05, 0.1) is 11.7 Å². The molecule has 144 valence electrons. The molecular formula is C21H20FN3O3. The molecule has 0 spiro atoms. The van der Waals surface area contributed by atoms with Crippen LogP contribution in [0.4, 0.5) is 4.39 Å². The highest BCUT2D eigenvalue weighted by molar-refractivity contribution is 6.00. The summed E-state index contributed by atoms with van der Waals surface area (Å²) >= 11 is 0. The summed E-state index contributed by atoms with van der Waals surface area (Å²) < 4.78 is 18.5. The Morgan fingerprint density at radius 1 is 1.25 bits per heavy atom. The van der Waals surface area contributed by atoms with Crippen LogP contribution in [0.2, 0.25) is 0 Å². The molecule has 6 nitrogen and oxygen atoms in total. The van der Waals surface area contributed by atoms with Gasteiger partial charge in [0.1, 0.15) is 17.3 Å². The molecule has 2 N–H and O–H groups in total. The molecule has 1 unspecified atom stereocenters. The number of nitrogens with one attached hydrogen (secondary N) is 1. The molecule has 1 aliphatic heterocycles. The van der Waals surface area contributed by atoms with Crippen LogP contribution in [-0.2, 0) is 4.74 Å². The zero-order valence-corrected chi connectivity index (χ0v) is 15.4. The minimum absolute atomic E-state index is 0.127. The second-order valence-electron chi connectivity index (χ2n) is 6.71. The number of H-pyrrole nitrogens is 1. The SMILES string of the molecule is COCCCN1C(=O)c2[nH]nc(-c3ccc(F)cc3)c2C1c1cccc(O)c1. The van der Waals surface area contributed by atoms with E-state index in [0.29, 0.717) is 31.0 Å². The molecule has 0 saturated carbocycles. The summed E-state index contributed by atoms with van der Waals surface area (Å²) in [6.07, 6.45) is 0.682. The lowest BCUT2D eigenvalue weighted by atomic mass is 9.96. The number of rotatable bonds is 6. The van der Waals surface area contributed by atoms with E-state index in [4.69, 9.17) is 4.74 Å². The minimum Gasteiger partial charge on any atom is -0.508 e. The predicted octanol–water partition coefficient (Wildman–Crippen LogP) is 3.50. The highest BCUT2D eigenvalue weighted by Gasteiger charge is 2.41. The molecule has 2 heterocycles. The number of aromatic hydroxyl groups is 1. The lowest BCUT2D eigenvalue weighted by Crippen LogP contribution is -2.31. The van der Waals surface area contributed by atoms with Crippen LogP contribution < -0.4 is 0 Å². The molecule has 7 heteroatoms. The van der Waals surface area contributed by atoms with Crippen molar-refractivity contribution in [2.75, 3.05) is 20.3 Å². The van der Waals surface area contributed by atoms with E-state index in [1.54, 1.807) is 42.3 Å². The fraction of sp³-hybridized carbons (Fsp3) is 0.238. The maximum atomic E-state index is 13.4. The monoisotopic (exact) mass is 381 g/mol. The molecule has 28 heavy (non-hydrogen) atoms. The standard InChI is InChI=1S/C21H20FN3O3/c1-28-11-3-10-25-20(14-4-2-5-16(26)12-14)17-18(23-24-19(17)21(25)27)13-6-8-15(22)9-7-13/h2,4-9,12,20,26H,3,10-11H2,1H3,(H,23,24). The Morgan fingerprint density at radius 3 is 2.75 bits per heavy atom. The Morgan fingerprint density at radius 2 is 2.04 bits per heavy atom. The van der Waals surface area contributed by atoms with Crippen LogP contribution in [0.25, 0.3) is 11.3 Å². The molecule has 1 aromatic heterocycles. The Bertz CT molecular complexity index is 1000. The number of methoxy groups -OCH3 is 1. The van der Waals surface area contributed by atoms with Gasteiger partial charge in [-0.2, -0.15) is 5.10 Å². The van der Waals surface area contributed by atoms with E-state index < -0.39 is 6.04 Å². The number of ether oxygens (including phenoxy) is 1. The molecule has 2 aromatic carbocycles. The smallest absolute Gasteiger partial charge is 0.273 e. The number of fused-ring (bicyclic) bond motifs is 1. The van der Waals surface area contributed by atoms with Crippen molar-refractivity contribution < 1.29 is 19.0 Å². The Balaban J connectivity index is 1.82. The second kappa shape index (κ2) is 7.44. The third kappa shape index (κ3) is 3.14. The molecule has 1 amide bonds. The van der Waals surface area contributed by atoms with E-state index in [9.17, 15) is 14.3 Å². The average Bonchev–Trinajstić information content (AvgIpc) is 3.22. The quantitative estimate of drug-likeness (QED) is 0.641. The Labute approximate surface area is 161 Å². The van der Waals surface area contributed by atoms with Gasteiger partial charge in [0.25, 0.3) is 5.91 Å². The molecule has 0 saturated heterocycles. The van der Waals surface area contributed by atoms with Crippen molar-refractivity contribution in [1.82, 2.24) is 15.1 Å². The summed E-state index contributed by atoms with van der Waals surface area (Å²) in [4.78, 5) is 14.8. The van der Waals surface area contributed by atoms with Gasteiger partial charge in [0, 0.05) is 31.4 Å². The first-order valence-electron chi connectivity index (χ1n) is 9.03. The van der Waals surface area contributed by atoms with E-state index in [-0.39, 0.29) is 17.5 Å². The topological polar surface area (TPSA) is 78.5 Å². The summed E-state index contributed by atoms with van der Waals surface area (Å²) in [5.74, 6) is -0.361. The largest absolute Gasteiger partial charge is 0.508 e. The van der Waals surface area contributed by atoms with E-state index in [0.717, 1.165) is 16.7 Å². The van der Waals surface area contributed by atoms with Gasteiger partial charge in [-0.3, -0.25) is 9.89 Å². The number of benzene rings is 2. The predicted molar refractivity (Wildman–Crippen MR) is 101 cm³/mol. The average molecular weight is 381 g/mol. The van der Waals surface area contributed by atoms with Crippen molar-refractivity contribution in [1.29, 1.82) is 0 Å². The third-order valence-corrected chi connectivity index (χ3v) is 4.91. The van der Waals surface area contributed by atoms with Gasteiger partial charge >= 0.3 is 0 Å². The summed E-state index contributed by atoms with van der Waals surface area (Å²) in [5, 5.41) is 17.2. The number of halogens is 1. The molecule has 1 aliphatic rings. The third-order valence-electron chi connectivity index (χ3n) is 4.91. The summed E-state index contributed by atoms with van der Waals surface area (Å²) in [6.45, 7) is 1.03. The van der Waals surface area contributed by atoms with Gasteiger partial charge in [-0.1, -0.05) is 12.1 Å². The maximum absolute atomic E-state index is 13.4. The van der Waals surface area contributed by atoms with Gasteiger partial charge in [-0.05, 0) is 48.4 Å². The number of nitrogens with zero attached hydrogens (tertiary/aromatic N) is 2. The number of hydrogen-bond donors (Lipinski definition) is 2. The van der Waals surface area contributed by atoms with Gasteiger partial charge in [-0.15, -0.1) is 0 Å². The van der Waals surface area contributed by atoms with Crippen LogP contribution in [0.3, 0.4) is 0 Å². The normalized spacial score (nSPS) is 15.9. The number of phenolic OH excluding ortho intramolecular Hbond substituents is 1. The van der Waals surface area contributed by atoms with Crippen LogP contribution in [0, 0.1) is 5.82 Å². The summed E-state index contributed by atoms with van der Waals surface area (Å²) in [6, 6.07) is 12.5. The molecular weight excluding hydrogens is 361 g/mol. The van der Waals surface area contributed by atoms with E-state index in [1.165, 1.54) is 12.1 Å². The van der Waals surface area contributed by atoms with Gasteiger partial charge < -0.3 is 14.7 Å². The zero-order chi connectivity index (χ0) is 19.7. The molecule has 3 aromatic rings. The number of amides is 1. The summed E-state index contributed by atoms with van der Waals surface area (Å²) in [7, 11) is 1.62. The van der Waals surface area contributed by atoms with Gasteiger partial charge in [0.2, 0.25) is 0 Å². The zero-order valence-electron chi connectivity index (χ0n) is 15.4. The first-order valence-corrected chi connectivity index (χ1v) is 9.03. The van der Waals surface area contributed by atoms with E-state index >= 15 is 0 Å².